The van der Waals surface area contributed by atoms with Gasteiger partial charge < -0.3 is 10.2 Å². The zero-order valence-corrected chi connectivity index (χ0v) is 11.1. The van der Waals surface area contributed by atoms with E-state index in [0.717, 1.165) is 17.8 Å². The van der Waals surface area contributed by atoms with Gasteiger partial charge in [0.15, 0.2) is 0 Å². The van der Waals surface area contributed by atoms with Gasteiger partial charge >= 0.3 is 0 Å². The molecule has 0 saturated carbocycles. The summed E-state index contributed by atoms with van der Waals surface area (Å²) < 4.78 is 5.92. The summed E-state index contributed by atoms with van der Waals surface area (Å²) in [4.78, 5) is 0. The molecular formula is C15H21NO. The molecule has 0 bridgehead atoms. The highest BCUT2D eigenvalue weighted by atomic mass is 16.3. The van der Waals surface area contributed by atoms with Crippen molar-refractivity contribution in [2.24, 2.45) is 5.73 Å². The number of hydrogen-bond donors (Lipinski definition) is 1. The average Bonchev–Trinajstić information content (AvgIpc) is 2.73. The summed E-state index contributed by atoms with van der Waals surface area (Å²) in [7, 11) is 0. The smallest absolute Gasteiger partial charge is 0.137 e. The maximum Gasteiger partial charge on any atom is 0.137 e. The number of benzene rings is 1. The molecule has 1 aromatic heterocycles. The van der Waals surface area contributed by atoms with E-state index in [1.54, 1.807) is 0 Å². The van der Waals surface area contributed by atoms with Gasteiger partial charge in [-0.3, -0.25) is 0 Å². The summed E-state index contributed by atoms with van der Waals surface area (Å²) in [5.41, 5.74) is 9.55. The highest BCUT2D eigenvalue weighted by Gasteiger charge is 2.15. The molecule has 1 aromatic carbocycles. The van der Waals surface area contributed by atoms with Crippen LogP contribution < -0.4 is 5.73 Å². The predicted molar refractivity (Wildman–Crippen MR) is 72.3 cm³/mol. The van der Waals surface area contributed by atoms with E-state index in [1.165, 1.54) is 16.5 Å². The van der Waals surface area contributed by atoms with Gasteiger partial charge in [-0.2, -0.15) is 0 Å². The molecule has 0 spiro atoms. The van der Waals surface area contributed by atoms with Crippen LogP contribution in [0.4, 0.5) is 0 Å². The molecule has 0 aliphatic rings. The van der Waals surface area contributed by atoms with Gasteiger partial charge in [-0.1, -0.05) is 32.9 Å². The quantitative estimate of drug-likeness (QED) is 0.856. The molecule has 0 aliphatic heterocycles. The Morgan fingerprint density at radius 2 is 2.00 bits per heavy atom. The van der Waals surface area contributed by atoms with Crippen molar-refractivity contribution in [2.75, 3.05) is 0 Å². The molecule has 2 heteroatoms. The first-order valence-electron chi connectivity index (χ1n) is 6.33. The fraction of sp³-hybridized carbons (Fsp3) is 0.467. The van der Waals surface area contributed by atoms with Crippen molar-refractivity contribution in [3.8, 4) is 0 Å². The molecule has 1 atom stereocenters. The van der Waals surface area contributed by atoms with E-state index in [-0.39, 0.29) is 6.04 Å². The summed E-state index contributed by atoms with van der Waals surface area (Å²) in [5, 5.41) is 1.22. The minimum absolute atomic E-state index is 0.00168. The third-order valence-corrected chi connectivity index (χ3v) is 3.36. The number of hydrogen-bond acceptors (Lipinski definition) is 2. The molecule has 2 nitrogen and oxygen atoms in total. The van der Waals surface area contributed by atoms with Crippen LogP contribution in [0.15, 0.2) is 22.6 Å². The van der Waals surface area contributed by atoms with Crippen LogP contribution in [-0.4, -0.2) is 0 Å². The summed E-state index contributed by atoms with van der Waals surface area (Å²) in [6.45, 7) is 8.57. The van der Waals surface area contributed by atoms with Crippen molar-refractivity contribution < 1.29 is 4.42 Å². The van der Waals surface area contributed by atoms with Gasteiger partial charge in [-0.25, -0.2) is 0 Å². The van der Waals surface area contributed by atoms with Gasteiger partial charge in [-0.05, 0) is 36.5 Å². The second-order valence-corrected chi connectivity index (χ2v) is 5.03. The Morgan fingerprint density at radius 1 is 1.29 bits per heavy atom. The molecule has 0 amide bonds. The van der Waals surface area contributed by atoms with Gasteiger partial charge in [0.05, 0.1) is 6.04 Å². The highest BCUT2D eigenvalue weighted by molar-refractivity contribution is 5.85. The molecule has 92 valence electrons. The Morgan fingerprint density at radius 3 is 2.59 bits per heavy atom. The first-order valence-corrected chi connectivity index (χ1v) is 6.33. The third kappa shape index (κ3) is 2.09. The molecule has 0 radical (unpaired) electrons. The van der Waals surface area contributed by atoms with E-state index in [9.17, 15) is 0 Å². The molecular weight excluding hydrogens is 210 g/mol. The lowest BCUT2D eigenvalue weighted by Gasteiger charge is -2.07. The second kappa shape index (κ2) is 4.53. The lowest BCUT2D eigenvalue weighted by atomic mass is 9.97. The third-order valence-electron chi connectivity index (χ3n) is 3.36. The lowest BCUT2D eigenvalue weighted by molar-refractivity contribution is 0.487. The molecule has 2 N–H and O–H groups in total. The van der Waals surface area contributed by atoms with Crippen molar-refractivity contribution in [3.63, 3.8) is 0 Å². The lowest BCUT2D eigenvalue weighted by Crippen LogP contribution is -2.06. The minimum Gasteiger partial charge on any atom is -0.459 e. The summed E-state index contributed by atoms with van der Waals surface area (Å²) in [5.74, 6) is 1.40. The molecule has 1 unspecified atom stereocenters. The maximum absolute atomic E-state index is 6.04. The molecule has 0 fully saturated rings. The first kappa shape index (κ1) is 12.2. The van der Waals surface area contributed by atoms with Crippen molar-refractivity contribution in [3.05, 3.63) is 35.1 Å². The van der Waals surface area contributed by atoms with Crippen LogP contribution in [0.25, 0.3) is 11.0 Å². The Labute approximate surface area is 103 Å². The Kier molecular flexibility index (Phi) is 3.25. The average molecular weight is 231 g/mol. The summed E-state index contributed by atoms with van der Waals surface area (Å²) in [6, 6.07) is 6.44. The predicted octanol–water partition coefficient (Wildman–Crippen LogP) is 4.27. The van der Waals surface area contributed by atoms with Crippen molar-refractivity contribution in [1.82, 2.24) is 0 Å². The van der Waals surface area contributed by atoms with E-state index in [1.807, 2.05) is 0 Å². The van der Waals surface area contributed by atoms with E-state index in [4.69, 9.17) is 10.2 Å². The number of fused-ring (bicyclic) bond motifs is 1. The van der Waals surface area contributed by atoms with Crippen molar-refractivity contribution in [2.45, 2.75) is 46.1 Å². The molecule has 2 rings (SSSR count). The number of furan rings is 1. The van der Waals surface area contributed by atoms with Crippen LogP contribution in [0.1, 0.15) is 56.0 Å². The number of aryl methyl sites for hydroxylation is 1. The fourth-order valence-corrected chi connectivity index (χ4v) is 2.19. The van der Waals surface area contributed by atoms with Crippen LogP contribution in [0.3, 0.4) is 0 Å². The Hall–Kier alpha value is -1.28. The van der Waals surface area contributed by atoms with Gasteiger partial charge in [0, 0.05) is 5.39 Å². The van der Waals surface area contributed by atoms with Crippen LogP contribution in [0.5, 0.6) is 0 Å². The second-order valence-electron chi connectivity index (χ2n) is 5.03. The SMILES string of the molecule is CCC(N)c1cc2c(C(C)C)ccc(C)c2o1. The topological polar surface area (TPSA) is 39.2 Å². The van der Waals surface area contributed by atoms with Crippen molar-refractivity contribution in [1.29, 1.82) is 0 Å². The Bertz CT molecular complexity index is 525. The molecule has 2 aromatic rings. The largest absolute Gasteiger partial charge is 0.459 e. The fourth-order valence-electron chi connectivity index (χ4n) is 2.19. The summed E-state index contributed by atoms with van der Waals surface area (Å²) >= 11 is 0. The normalized spacial score (nSPS) is 13.5. The standard InChI is InChI=1S/C15H21NO/c1-5-13(16)14-8-12-11(9(2)3)7-6-10(4)15(12)17-14/h6-9,13H,5,16H2,1-4H3. The zero-order chi connectivity index (χ0) is 12.6. The zero-order valence-electron chi connectivity index (χ0n) is 11.1. The molecule has 0 saturated heterocycles. The van der Waals surface area contributed by atoms with E-state index in [0.29, 0.717) is 5.92 Å². The maximum atomic E-state index is 6.04. The van der Waals surface area contributed by atoms with Gasteiger partial charge in [-0.15, -0.1) is 0 Å². The summed E-state index contributed by atoms with van der Waals surface area (Å²) in [6.07, 6.45) is 0.899. The van der Waals surface area contributed by atoms with Crippen LogP contribution in [0.2, 0.25) is 0 Å². The number of rotatable bonds is 3. The van der Waals surface area contributed by atoms with Crippen LogP contribution in [-0.2, 0) is 0 Å². The van der Waals surface area contributed by atoms with Crippen molar-refractivity contribution >= 4 is 11.0 Å². The minimum atomic E-state index is 0.00168. The van der Waals surface area contributed by atoms with Gasteiger partial charge in [0.1, 0.15) is 11.3 Å². The molecule has 0 aliphatic carbocycles. The van der Waals surface area contributed by atoms with Gasteiger partial charge in [0.25, 0.3) is 0 Å². The van der Waals surface area contributed by atoms with E-state index < -0.39 is 0 Å². The number of nitrogens with two attached hydrogens (primary N) is 1. The Balaban J connectivity index is 2.65. The monoisotopic (exact) mass is 231 g/mol. The first-order chi connectivity index (χ1) is 8.04. The van der Waals surface area contributed by atoms with Crippen LogP contribution in [0, 0.1) is 6.92 Å². The highest BCUT2D eigenvalue weighted by Crippen LogP contribution is 2.32. The van der Waals surface area contributed by atoms with E-state index >= 15 is 0 Å². The van der Waals surface area contributed by atoms with Gasteiger partial charge in [0.2, 0.25) is 0 Å². The van der Waals surface area contributed by atoms with Crippen LogP contribution >= 0.6 is 0 Å². The van der Waals surface area contributed by atoms with E-state index in [2.05, 4.69) is 45.9 Å². The molecule has 1 heterocycles. The molecule has 17 heavy (non-hydrogen) atoms.